The van der Waals surface area contributed by atoms with Gasteiger partial charge in [0.25, 0.3) is 5.91 Å². The number of hydrogen-bond acceptors (Lipinski definition) is 7. The van der Waals surface area contributed by atoms with Crippen LogP contribution in [0.3, 0.4) is 0 Å². The zero-order valence-corrected chi connectivity index (χ0v) is 13.1. The normalized spacial score (nSPS) is 22.1. The van der Waals surface area contributed by atoms with Gasteiger partial charge in [-0.15, -0.1) is 0 Å². The number of rotatable bonds is 5. The third kappa shape index (κ3) is 3.98. The van der Waals surface area contributed by atoms with E-state index in [2.05, 4.69) is 9.47 Å². The van der Waals surface area contributed by atoms with Gasteiger partial charge in [-0.05, 0) is 19.8 Å². The van der Waals surface area contributed by atoms with E-state index in [9.17, 15) is 24.0 Å². The summed E-state index contributed by atoms with van der Waals surface area (Å²) in [4.78, 5) is 59.3. The number of likely N-dealkylation sites (tertiary alicyclic amines) is 1. The first kappa shape index (κ1) is 17.6. The summed E-state index contributed by atoms with van der Waals surface area (Å²) in [6.45, 7) is 0.413. The Labute approximate surface area is 137 Å². The SMILES string of the molecule is CCOC(=O)NC(=O)COC(=O)CN1C(=O)[C@H]2CC=CC[C@H]2C1=O. The minimum atomic E-state index is -0.944. The smallest absolute Gasteiger partial charge is 0.413 e. The van der Waals surface area contributed by atoms with Crippen LogP contribution in [0.2, 0.25) is 0 Å². The molecule has 1 saturated heterocycles. The number of hydrogen-bond donors (Lipinski definition) is 1. The number of nitrogens with one attached hydrogen (secondary N) is 1. The quantitative estimate of drug-likeness (QED) is 0.417. The van der Waals surface area contributed by atoms with Crippen LogP contribution >= 0.6 is 0 Å². The Bertz CT molecular complexity index is 573. The standard InChI is InChI=1S/C15H18N2O7/c1-2-23-15(22)16-11(18)8-24-12(19)7-17-13(20)9-5-3-4-6-10(9)14(17)21/h3-4,9-10H,2,5-8H2,1H3,(H,16,18,22)/t9-,10+. The van der Waals surface area contributed by atoms with Gasteiger partial charge in [0, 0.05) is 0 Å². The lowest BCUT2D eigenvalue weighted by atomic mass is 9.85. The van der Waals surface area contributed by atoms with Crippen molar-refractivity contribution in [3.63, 3.8) is 0 Å². The van der Waals surface area contributed by atoms with E-state index in [-0.39, 0.29) is 6.61 Å². The molecular weight excluding hydrogens is 320 g/mol. The van der Waals surface area contributed by atoms with Crippen LogP contribution in [-0.4, -0.2) is 54.4 Å². The number of alkyl carbamates (subject to hydrolysis) is 1. The van der Waals surface area contributed by atoms with Crippen molar-refractivity contribution in [3.05, 3.63) is 12.2 Å². The fourth-order valence-corrected chi connectivity index (χ4v) is 2.66. The summed E-state index contributed by atoms with van der Waals surface area (Å²) < 4.78 is 9.17. The summed E-state index contributed by atoms with van der Waals surface area (Å²) in [7, 11) is 0. The molecule has 2 aliphatic rings. The topological polar surface area (TPSA) is 119 Å². The number of nitrogens with zero attached hydrogens (tertiary/aromatic N) is 1. The number of amides is 4. The molecule has 0 saturated carbocycles. The molecule has 2 rings (SSSR count). The second kappa shape index (κ2) is 7.71. The van der Waals surface area contributed by atoms with E-state index in [0.717, 1.165) is 4.90 Å². The summed E-state index contributed by atoms with van der Waals surface area (Å²) in [6, 6.07) is 0. The molecule has 24 heavy (non-hydrogen) atoms. The van der Waals surface area contributed by atoms with Gasteiger partial charge in [0.05, 0.1) is 18.4 Å². The number of fused-ring (bicyclic) bond motifs is 1. The molecule has 1 fully saturated rings. The van der Waals surface area contributed by atoms with E-state index in [4.69, 9.17) is 0 Å². The molecule has 0 bridgehead atoms. The Hall–Kier alpha value is -2.71. The Kier molecular flexibility index (Phi) is 5.67. The molecule has 130 valence electrons. The molecule has 1 aliphatic heterocycles. The maximum Gasteiger partial charge on any atom is 0.413 e. The first-order chi connectivity index (χ1) is 11.4. The van der Waals surface area contributed by atoms with E-state index in [1.54, 1.807) is 6.92 Å². The van der Waals surface area contributed by atoms with Crippen molar-refractivity contribution in [1.82, 2.24) is 10.2 Å². The van der Waals surface area contributed by atoms with Crippen LogP contribution in [0.25, 0.3) is 0 Å². The number of carbonyl (C=O) groups is 5. The fraction of sp³-hybridized carbons (Fsp3) is 0.533. The Morgan fingerprint density at radius 3 is 2.25 bits per heavy atom. The summed E-state index contributed by atoms with van der Waals surface area (Å²) in [6.07, 6.45) is 3.69. The van der Waals surface area contributed by atoms with Crippen molar-refractivity contribution in [3.8, 4) is 0 Å². The van der Waals surface area contributed by atoms with Crippen LogP contribution in [0, 0.1) is 11.8 Å². The minimum absolute atomic E-state index is 0.0925. The van der Waals surface area contributed by atoms with E-state index >= 15 is 0 Å². The number of ether oxygens (including phenoxy) is 2. The van der Waals surface area contributed by atoms with E-state index < -0.39 is 54.8 Å². The van der Waals surface area contributed by atoms with Crippen LogP contribution < -0.4 is 5.32 Å². The molecule has 9 nitrogen and oxygen atoms in total. The van der Waals surface area contributed by atoms with Crippen LogP contribution in [0.15, 0.2) is 12.2 Å². The van der Waals surface area contributed by atoms with Crippen molar-refractivity contribution in [1.29, 1.82) is 0 Å². The first-order valence-electron chi connectivity index (χ1n) is 7.56. The molecule has 1 aliphatic carbocycles. The zero-order valence-electron chi connectivity index (χ0n) is 13.1. The minimum Gasteiger partial charge on any atom is -0.454 e. The van der Waals surface area contributed by atoms with Gasteiger partial charge in [0.1, 0.15) is 6.54 Å². The maximum absolute atomic E-state index is 12.2. The van der Waals surface area contributed by atoms with Gasteiger partial charge in [-0.1, -0.05) is 12.2 Å². The van der Waals surface area contributed by atoms with Crippen LogP contribution in [-0.2, 0) is 28.7 Å². The van der Waals surface area contributed by atoms with Crippen LogP contribution in [0.1, 0.15) is 19.8 Å². The van der Waals surface area contributed by atoms with Gasteiger partial charge >= 0.3 is 12.1 Å². The van der Waals surface area contributed by atoms with E-state index in [1.165, 1.54) is 0 Å². The first-order valence-corrected chi connectivity index (χ1v) is 7.56. The highest BCUT2D eigenvalue weighted by Crippen LogP contribution is 2.34. The zero-order chi connectivity index (χ0) is 17.7. The summed E-state index contributed by atoms with van der Waals surface area (Å²) >= 11 is 0. The van der Waals surface area contributed by atoms with Crippen LogP contribution in [0.5, 0.6) is 0 Å². The molecule has 2 atom stereocenters. The Morgan fingerprint density at radius 2 is 1.71 bits per heavy atom. The second-order valence-corrected chi connectivity index (χ2v) is 5.35. The fourth-order valence-electron chi connectivity index (χ4n) is 2.66. The molecule has 0 radical (unpaired) electrons. The Morgan fingerprint density at radius 1 is 1.12 bits per heavy atom. The van der Waals surface area contributed by atoms with Gasteiger partial charge in [-0.25, -0.2) is 4.79 Å². The molecule has 1 N–H and O–H groups in total. The van der Waals surface area contributed by atoms with Gasteiger partial charge in [-0.2, -0.15) is 0 Å². The van der Waals surface area contributed by atoms with Crippen molar-refractivity contribution in [2.45, 2.75) is 19.8 Å². The number of carbonyl (C=O) groups excluding carboxylic acids is 5. The second-order valence-electron chi connectivity index (χ2n) is 5.35. The summed E-state index contributed by atoms with van der Waals surface area (Å²) in [5.41, 5.74) is 0. The molecule has 9 heteroatoms. The average molecular weight is 338 g/mol. The number of allylic oxidation sites excluding steroid dienone is 2. The lowest BCUT2D eigenvalue weighted by Gasteiger charge is -2.14. The molecule has 4 amide bonds. The monoisotopic (exact) mass is 338 g/mol. The molecule has 0 aromatic rings. The lowest BCUT2D eigenvalue weighted by Crippen LogP contribution is -2.39. The molecule has 0 spiro atoms. The summed E-state index contributed by atoms with van der Waals surface area (Å²) in [5, 5.41) is 1.85. The predicted octanol–water partition coefficient (Wildman–Crippen LogP) is -0.247. The van der Waals surface area contributed by atoms with E-state index in [0.29, 0.717) is 12.8 Å². The highest BCUT2D eigenvalue weighted by molar-refractivity contribution is 6.07. The van der Waals surface area contributed by atoms with Crippen molar-refractivity contribution >= 4 is 29.8 Å². The van der Waals surface area contributed by atoms with Crippen molar-refractivity contribution in [2.75, 3.05) is 19.8 Å². The summed E-state index contributed by atoms with van der Waals surface area (Å²) in [5.74, 6) is -3.42. The number of imide groups is 2. The third-order valence-electron chi connectivity index (χ3n) is 3.77. The predicted molar refractivity (Wildman–Crippen MR) is 78.2 cm³/mol. The molecule has 0 aromatic carbocycles. The molecular formula is C15H18N2O7. The van der Waals surface area contributed by atoms with Crippen molar-refractivity contribution < 1.29 is 33.4 Å². The van der Waals surface area contributed by atoms with Gasteiger partial charge in [-0.3, -0.25) is 29.4 Å². The van der Waals surface area contributed by atoms with E-state index in [1.807, 2.05) is 17.5 Å². The average Bonchev–Trinajstić information content (AvgIpc) is 2.79. The van der Waals surface area contributed by atoms with Gasteiger partial charge in [0.15, 0.2) is 6.61 Å². The molecule has 0 aromatic heterocycles. The van der Waals surface area contributed by atoms with Crippen LogP contribution in [0.4, 0.5) is 4.79 Å². The lowest BCUT2D eigenvalue weighted by molar-refractivity contribution is -0.154. The third-order valence-corrected chi connectivity index (χ3v) is 3.77. The van der Waals surface area contributed by atoms with Gasteiger partial charge < -0.3 is 9.47 Å². The largest absolute Gasteiger partial charge is 0.454 e. The van der Waals surface area contributed by atoms with Crippen molar-refractivity contribution in [2.24, 2.45) is 11.8 Å². The highest BCUT2D eigenvalue weighted by atomic mass is 16.6. The highest BCUT2D eigenvalue weighted by Gasteiger charge is 2.47. The van der Waals surface area contributed by atoms with Gasteiger partial charge in [0.2, 0.25) is 11.8 Å². The molecule has 1 heterocycles. The Balaban J connectivity index is 1.80. The molecule has 0 unspecified atom stereocenters. The number of esters is 1. The maximum atomic E-state index is 12.2.